The van der Waals surface area contributed by atoms with E-state index in [0.717, 1.165) is 37.1 Å². The molecule has 1 N–H and O–H groups in total. The molecule has 0 saturated carbocycles. The minimum Gasteiger partial charge on any atom is -0.356 e. The summed E-state index contributed by atoms with van der Waals surface area (Å²) in [4.78, 5) is 0. The molecule has 3 atom stereocenters. The Bertz CT molecular complexity index is 2160. The molecule has 0 radical (unpaired) electrons. The maximum Gasteiger partial charge on any atom is 0.0384 e. The lowest BCUT2D eigenvalue weighted by molar-refractivity contribution is 0.478. The van der Waals surface area contributed by atoms with Crippen LogP contribution in [0.3, 0.4) is 0 Å². The first kappa shape index (κ1) is 31.6. The number of hydrogen-bond acceptors (Lipinski definition) is 1. The molecule has 0 fully saturated rings. The first-order chi connectivity index (χ1) is 24.8. The molecule has 6 aromatic carbocycles. The van der Waals surface area contributed by atoms with E-state index in [1.165, 1.54) is 49.7 Å². The van der Waals surface area contributed by atoms with Gasteiger partial charge in [0.25, 0.3) is 0 Å². The molecule has 0 aromatic heterocycles. The number of rotatable bonds is 10. The molecule has 50 heavy (non-hydrogen) atoms. The van der Waals surface area contributed by atoms with E-state index in [4.69, 9.17) is 0 Å². The second kappa shape index (κ2) is 14.8. The van der Waals surface area contributed by atoms with Crippen molar-refractivity contribution in [2.24, 2.45) is 5.92 Å². The Labute approximate surface area is 297 Å². The summed E-state index contributed by atoms with van der Waals surface area (Å²) in [6.45, 7) is 0. The van der Waals surface area contributed by atoms with Gasteiger partial charge in [-0.05, 0) is 105 Å². The summed E-state index contributed by atoms with van der Waals surface area (Å²) in [6.07, 6.45) is 18.4. The zero-order valence-corrected chi connectivity index (χ0v) is 28.5. The molecule has 2 aliphatic rings. The second-order valence-electron chi connectivity index (χ2n) is 13.7. The lowest BCUT2D eigenvalue weighted by atomic mass is 9.77. The van der Waals surface area contributed by atoms with Crippen LogP contribution in [0.5, 0.6) is 0 Å². The molecule has 3 unspecified atom stereocenters. The van der Waals surface area contributed by atoms with Crippen molar-refractivity contribution in [1.29, 1.82) is 0 Å². The Hall–Kier alpha value is -5.66. The summed E-state index contributed by atoms with van der Waals surface area (Å²) < 4.78 is 0. The Morgan fingerprint density at radius 3 is 2.00 bits per heavy atom. The number of fused-ring (bicyclic) bond motifs is 1. The van der Waals surface area contributed by atoms with Gasteiger partial charge in [0, 0.05) is 17.3 Å². The summed E-state index contributed by atoms with van der Waals surface area (Å²) in [5.74, 6) is 1.40. The normalized spacial score (nSPS) is 17.6. The molecule has 244 valence electrons. The highest BCUT2D eigenvalue weighted by Gasteiger charge is 2.23. The van der Waals surface area contributed by atoms with Crippen molar-refractivity contribution in [3.05, 3.63) is 216 Å². The fourth-order valence-corrected chi connectivity index (χ4v) is 7.70. The summed E-state index contributed by atoms with van der Waals surface area (Å²) in [7, 11) is 0. The van der Waals surface area contributed by atoms with Crippen molar-refractivity contribution in [2.45, 2.75) is 37.5 Å². The molecule has 0 saturated heterocycles. The van der Waals surface area contributed by atoms with E-state index in [2.05, 4.69) is 193 Å². The monoisotopic (exact) mass is 645 g/mol. The van der Waals surface area contributed by atoms with Gasteiger partial charge in [-0.1, -0.05) is 170 Å². The zero-order valence-electron chi connectivity index (χ0n) is 28.5. The summed E-state index contributed by atoms with van der Waals surface area (Å²) in [6, 6.07) is 55.2. The fourth-order valence-electron chi connectivity index (χ4n) is 7.70. The lowest BCUT2D eigenvalue weighted by Crippen LogP contribution is -2.13. The topological polar surface area (TPSA) is 12.0 Å². The quantitative estimate of drug-likeness (QED) is 0.156. The van der Waals surface area contributed by atoms with Gasteiger partial charge >= 0.3 is 0 Å². The van der Waals surface area contributed by atoms with Crippen molar-refractivity contribution < 1.29 is 0 Å². The Kier molecular flexibility index (Phi) is 9.38. The minimum atomic E-state index is 0.451. The van der Waals surface area contributed by atoms with Crippen molar-refractivity contribution in [1.82, 2.24) is 0 Å². The van der Waals surface area contributed by atoms with Gasteiger partial charge in [0.15, 0.2) is 0 Å². The van der Waals surface area contributed by atoms with E-state index in [1.807, 2.05) is 0 Å². The third-order valence-electron chi connectivity index (χ3n) is 10.5. The van der Waals surface area contributed by atoms with E-state index in [1.54, 1.807) is 0 Å². The van der Waals surface area contributed by atoms with Crippen LogP contribution in [-0.2, 0) is 6.42 Å². The van der Waals surface area contributed by atoms with Crippen LogP contribution in [0, 0.1) is 5.92 Å². The fraction of sp³-hybridized carbons (Fsp3) is 0.143. The van der Waals surface area contributed by atoms with E-state index in [-0.39, 0.29) is 0 Å². The van der Waals surface area contributed by atoms with Crippen LogP contribution >= 0.6 is 0 Å². The van der Waals surface area contributed by atoms with Gasteiger partial charge in [-0.15, -0.1) is 0 Å². The molecule has 0 bridgehead atoms. The molecule has 8 rings (SSSR count). The molecule has 0 aliphatic heterocycles. The van der Waals surface area contributed by atoms with Crippen molar-refractivity contribution in [3.63, 3.8) is 0 Å². The van der Waals surface area contributed by atoms with Crippen molar-refractivity contribution >= 4 is 22.0 Å². The molecule has 0 spiro atoms. The molecule has 1 nitrogen and oxygen atoms in total. The summed E-state index contributed by atoms with van der Waals surface area (Å²) >= 11 is 0. The maximum absolute atomic E-state index is 3.59. The molecule has 6 aromatic rings. The van der Waals surface area contributed by atoms with Crippen molar-refractivity contribution in [2.75, 3.05) is 5.32 Å². The van der Waals surface area contributed by atoms with Crippen molar-refractivity contribution in [3.8, 4) is 11.1 Å². The lowest BCUT2D eigenvalue weighted by Gasteiger charge is -2.27. The van der Waals surface area contributed by atoms with E-state index in [9.17, 15) is 0 Å². The summed E-state index contributed by atoms with van der Waals surface area (Å²) in [5.41, 5.74) is 11.6. The van der Waals surface area contributed by atoms with Gasteiger partial charge in [0.2, 0.25) is 0 Å². The average molecular weight is 646 g/mol. The van der Waals surface area contributed by atoms with Crippen LogP contribution in [0.2, 0.25) is 0 Å². The second-order valence-corrected chi connectivity index (χ2v) is 13.7. The van der Waals surface area contributed by atoms with Crippen LogP contribution in [0.25, 0.3) is 27.5 Å². The number of nitrogens with one attached hydrogen (secondary N) is 1. The number of hydrogen-bond donors (Lipinski definition) is 1. The van der Waals surface area contributed by atoms with Crippen LogP contribution in [0.15, 0.2) is 194 Å². The number of benzene rings is 6. The summed E-state index contributed by atoms with van der Waals surface area (Å²) in [5, 5.41) is 6.22. The van der Waals surface area contributed by atoms with Crippen LogP contribution in [0.4, 0.5) is 5.69 Å². The van der Waals surface area contributed by atoms with Gasteiger partial charge in [0.05, 0.1) is 0 Å². The predicted octanol–water partition coefficient (Wildman–Crippen LogP) is 12.9. The number of aryl methyl sites for hydroxylation is 1. The Morgan fingerprint density at radius 1 is 0.580 bits per heavy atom. The Balaban J connectivity index is 0.900. The van der Waals surface area contributed by atoms with Gasteiger partial charge in [-0.25, -0.2) is 0 Å². The standard InChI is InChI=1S/C49H43N/c1-3-10-37(11-4-1)39-27-31-45(32-28-39)50-46-33-29-40(30-34-46)38-21-18-36(19-22-38)20-35-47(41-12-5-2-6-13-41)43-23-25-44(26-24-43)49-17-9-15-42-14-7-8-16-48(42)49/h1-19,21-23,25-27,29-34,39,43,47,50H,20,24,28,35H2. The molecular weight excluding hydrogens is 603 g/mol. The molecule has 2 aliphatic carbocycles. The van der Waals surface area contributed by atoms with Crippen LogP contribution in [0.1, 0.15) is 53.4 Å². The van der Waals surface area contributed by atoms with Crippen LogP contribution in [-0.4, -0.2) is 0 Å². The van der Waals surface area contributed by atoms with Crippen LogP contribution < -0.4 is 5.32 Å². The molecular formula is C49H43N. The van der Waals surface area contributed by atoms with E-state index < -0.39 is 0 Å². The first-order valence-electron chi connectivity index (χ1n) is 18.1. The highest BCUT2D eigenvalue weighted by molar-refractivity contribution is 5.96. The first-order valence-corrected chi connectivity index (χ1v) is 18.1. The van der Waals surface area contributed by atoms with Gasteiger partial charge in [-0.2, -0.15) is 0 Å². The van der Waals surface area contributed by atoms with E-state index >= 15 is 0 Å². The third kappa shape index (κ3) is 7.19. The predicted molar refractivity (Wildman–Crippen MR) is 213 cm³/mol. The number of anilines is 1. The Morgan fingerprint density at radius 2 is 1.28 bits per heavy atom. The minimum absolute atomic E-state index is 0.451. The average Bonchev–Trinajstić information content (AvgIpc) is 3.20. The SMILES string of the molecule is C1=CC(c2ccccc2)CC=C1Nc1ccc(-c2ccc(CCC(c3ccccc3)C3C=CC(c4cccc5ccccc45)=CC3)cc2)cc1. The van der Waals surface area contributed by atoms with Gasteiger partial charge < -0.3 is 5.32 Å². The highest BCUT2D eigenvalue weighted by Crippen LogP contribution is 2.38. The van der Waals surface area contributed by atoms with Gasteiger partial charge in [0.1, 0.15) is 0 Å². The zero-order chi connectivity index (χ0) is 33.5. The largest absolute Gasteiger partial charge is 0.356 e. The molecule has 0 heterocycles. The third-order valence-corrected chi connectivity index (χ3v) is 10.5. The highest BCUT2D eigenvalue weighted by atomic mass is 14.9. The van der Waals surface area contributed by atoms with Gasteiger partial charge in [-0.3, -0.25) is 0 Å². The smallest absolute Gasteiger partial charge is 0.0384 e. The maximum atomic E-state index is 3.59. The van der Waals surface area contributed by atoms with E-state index in [0.29, 0.717) is 17.8 Å². The number of allylic oxidation sites excluding steroid dienone is 7. The molecule has 1 heteroatoms. The molecule has 0 amide bonds.